The summed E-state index contributed by atoms with van der Waals surface area (Å²) in [7, 11) is 0. The lowest BCUT2D eigenvalue weighted by Gasteiger charge is -2.23. The van der Waals surface area contributed by atoms with E-state index in [2.05, 4.69) is 5.32 Å². The van der Waals surface area contributed by atoms with Crippen LogP contribution in [0.2, 0.25) is 0 Å². The number of nitrogens with one attached hydrogen (secondary N) is 1. The van der Waals surface area contributed by atoms with Crippen LogP contribution >= 0.6 is 11.6 Å². The molecular weight excluding hydrogens is 274 g/mol. The van der Waals surface area contributed by atoms with Crippen molar-refractivity contribution in [2.75, 3.05) is 12.5 Å². The first-order valence-electron chi connectivity index (χ1n) is 7.31. The van der Waals surface area contributed by atoms with Crippen molar-refractivity contribution in [2.24, 2.45) is 0 Å². The zero-order valence-corrected chi connectivity index (χ0v) is 12.4. The number of ether oxygens (including phenoxy) is 1. The second kappa shape index (κ2) is 8.28. The van der Waals surface area contributed by atoms with Gasteiger partial charge in [0, 0.05) is 18.9 Å². The molecule has 1 aromatic carbocycles. The van der Waals surface area contributed by atoms with Crippen molar-refractivity contribution in [3.63, 3.8) is 0 Å². The number of benzene rings is 1. The number of carbonyl (C=O) groups is 1. The minimum atomic E-state index is -0.113. The van der Waals surface area contributed by atoms with Gasteiger partial charge in [-0.3, -0.25) is 4.79 Å². The van der Waals surface area contributed by atoms with Crippen molar-refractivity contribution in [2.45, 2.75) is 44.2 Å². The predicted octanol–water partition coefficient (Wildman–Crippen LogP) is 3.43. The molecule has 0 saturated carbocycles. The predicted molar refractivity (Wildman–Crippen MR) is 80.9 cm³/mol. The molecule has 2 unspecified atom stereocenters. The van der Waals surface area contributed by atoms with E-state index < -0.39 is 0 Å². The van der Waals surface area contributed by atoms with Crippen LogP contribution in [0.25, 0.3) is 0 Å². The van der Waals surface area contributed by atoms with Crippen LogP contribution in [-0.4, -0.2) is 24.5 Å². The molecular formula is C16H22ClNO2. The van der Waals surface area contributed by atoms with E-state index in [0.717, 1.165) is 31.4 Å². The third-order valence-corrected chi connectivity index (χ3v) is 3.97. The van der Waals surface area contributed by atoms with Gasteiger partial charge in [0.25, 0.3) is 0 Å². The van der Waals surface area contributed by atoms with Crippen LogP contribution in [0.5, 0.6) is 0 Å². The largest absolute Gasteiger partial charge is 0.378 e. The zero-order valence-electron chi connectivity index (χ0n) is 11.7. The fraction of sp³-hybridized carbons (Fsp3) is 0.562. The van der Waals surface area contributed by atoms with E-state index in [4.69, 9.17) is 16.3 Å². The molecule has 0 bridgehead atoms. The molecule has 1 saturated heterocycles. The summed E-state index contributed by atoms with van der Waals surface area (Å²) in [5, 5.41) is 3.00. The molecule has 2 atom stereocenters. The van der Waals surface area contributed by atoms with Gasteiger partial charge < -0.3 is 10.1 Å². The van der Waals surface area contributed by atoms with Gasteiger partial charge in [-0.15, -0.1) is 11.6 Å². The molecule has 3 nitrogen and oxygen atoms in total. The SMILES string of the molecule is O=C(CCC1CCCCO1)NC(CCl)c1ccccc1. The fourth-order valence-electron chi connectivity index (χ4n) is 2.49. The number of hydrogen-bond donors (Lipinski definition) is 1. The normalized spacial score (nSPS) is 20.4. The number of hydrogen-bond acceptors (Lipinski definition) is 2. The Morgan fingerprint density at radius 3 is 2.80 bits per heavy atom. The van der Waals surface area contributed by atoms with E-state index in [1.807, 2.05) is 30.3 Å². The summed E-state index contributed by atoms with van der Waals surface area (Å²) in [5.74, 6) is 0.434. The van der Waals surface area contributed by atoms with Crippen LogP contribution < -0.4 is 5.32 Å². The maximum Gasteiger partial charge on any atom is 0.220 e. The Bertz CT molecular complexity index is 404. The molecule has 0 radical (unpaired) electrons. The minimum Gasteiger partial charge on any atom is -0.378 e. The highest BCUT2D eigenvalue weighted by atomic mass is 35.5. The lowest BCUT2D eigenvalue weighted by molar-refractivity contribution is -0.122. The van der Waals surface area contributed by atoms with Crippen molar-refractivity contribution >= 4 is 17.5 Å². The monoisotopic (exact) mass is 295 g/mol. The number of carbonyl (C=O) groups excluding carboxylic acids is 1. The molecule has 1 aliphatic heterocycles. The molecule has 0 aliphatic carbocycles. The third-order valence-electron chi connectivity index (χ3n) is 3.66. The molecule has 4 heteroatoms. The highest BCUT2D eigenvalue weighted by molar-refractivity contribution is 6.18. The highest BCUT2D eigenvalue weighted by Gasteiger charge is 2.17. The average Bonchev–Trinajstić information content (AvgIpc) is 2.52. The van der Waals surface area contributed by atoms with Gasteiger partial charge in [0.1, 0.15) is 0 Å². The van der Waals surface area contributed by atoms with E-state index in [-0.39, 0.29) is 18.1 Å². The van der Waals surface area contributed by atoms with Gasteiger partial charge in [-0.1, -0.05) is 30.3 Å². The van der Waals surface area contributed by atoms with Crippen LogP contribution in [0.4, 0.5) is 0 Å². The number of rotatable bonds is 6. The molecule has 1 aromatic rings. The standard InChI is InChI=1S/C16H22ClNO2/c17-12-15(13-6-2-1-3-7-13)18-16(19)10-9-14-8-4-5-11-20-14/h1-3,6-7,14-15H,4-5,8-12H2,(H,18,19). The van der Waals surface area contributed by atoms with Crippen molar-refractivity contribution in [3.05, 3.63) is 35.9 Å². The molecule has 1 N–H and O–H groups in total. The number of amides is 1. The van der Waals surface area contributed by atoms with Crippen molar-refractivity contribution in [1.29, 1.82) is 0 Å². The van der Waals surface area contributed by atoms with Gasteiger partial charge in [-0.2, -0.15) is 0 Å². The summed E-state index contributed by atoms with van der Waals surface area (Å²) in [6.45, 7) is 0.834. The molecule has 1 heterocycles. The highest BCUT2D eigenvalue weighted by Crippen LogP contribution is 2.18. The maximum atomic E-state index is 12.0. The summed E-state index contributed by atoms with van der Waals surface area (Å²) in [6.07, 6.45) is 4.98. The quantitative estimate of drug-likeness (QED) is 0.817. The van der Waals surface area contributed by atoms with Crippen LogP contribution in [-0.2, 0) is 9.53 Å². The molecule has 0 aromatic heterocycles. The van der Waals surface area contributed by atoms with Crippen molar-refractivity contribution in [3.8, 4) is 0 Å². The summed E-state index contributed by atoms with van der Waals surface area (Å²) < 4.78 is 5.64. The Morgan fingerprint density at radius 1 is 1.35 bits per heavy atom. The van der Waals surface area contributed by atoms with E-state index >= 15 is 0 Å². The zero-order chi connectivity index (χ0) is 14.2. The maximum absolute atomic E-state index is 12.0. The van der Waals surface area contributed by atoms with Gasteiger partial charge in [0.2, 0.25) is 5.91 Å². The Balaban J connectivity index is 1.77. The molecule has 1 aliphatic rings. The smallest absolute Gasteiger partial charge is 0.220 e. The van der Waals surface area contributed by atoms with Gasteiger partial charge in [-0.05, 0) is 31.2 Å². The molecule has 20 heavy (non-hydrogen) atoms. The Morgan fingerprint density at radius 2 is 2.15 bits per heavy atom. The first kappa shape index (κ1) is 15.3. The summed E-state index contributed by atoms with van der Waals surface area (Å²) >= 11 is 5.96. The number of alkyl halides is 1. The van der Waals surface area contributed by atoms with Gasteiger partial charge in [0.05, 0.1) is 12.1 Å². The van der Waals surface area contributed by atoms with Crippen molar-refractivity contribution < 1.29 is 9.53 Å². The van der Waals surface area contributed by atoms with Crippen LogP contribution in [0.3, 0.4) is 0 Å². The summed E-state index contributed by atoms with van der Waals surface area (Å²) in [6, 6.07) is 9.72. The second-order valence-corrected chi connectivity index (χ2v) is 5.52. The first-order valence-corrected chi connectivity index (χ1v) is 7.85. The van der Waals surface area contributed by atoms with Crippen molar-refractivity contribution in [1.82, 2.24) is 5.32 Å². The molecule has 110 valence electrons. The molecule has 1 amide bonds. The second-order valence-electron chi connectivity index (χ2n) is 5.21. The van der Waals surface area contributed by atoms with Crippen LogP contribution in [0.1, 0.15) is 43.7 Å². The van der Waals surface area contributed by atoms with Crippen LogP contribution in [0.15, 0.2) is 30.3 Å². The first-order chi connectivity index (χ1) is 9.79. The fourth-order valence-corrected chi connectivity index (χ4v) is 2.75. The number of halogens is 1. The molecule has 1 fully saturated rings. The topological polar surface area (TPSA) is 38.3 Å². The average molecular weight is 296 g/mol. The Kier molecular flexibility index (Phi) is 6.34. The van der Waals surface area contributed by atoms with E-state index in [1.165, 1.54) is 6.42 Å². The summed E-state index contributed by atoms with van der Waals surface area (Å²) in [4.78, 5) is 12.0. The van der Waals surface area contributed by atoms with Gasteiger partial charge >= 0.3 is 0 Å². The Labute approximate surface area is 125 Å². The lowest BCUT2D eigenvalue weighted by Crippen LogP contribution is -2.30. The van der Waals surface area contributed by atoms with E-state index in [1.54, 1.807) is 0 Å². The van der Waals surface area contributed by atoms with E-state index in [0.29, 0.717) is 12.3 Å². The van der Waals surface area contributed by atoms with E-state index in [9.17, 15) is 4.79 Å². The minimum absolute atomic E-state index is 0.0497. The Hall–Kier alpha value is -1.06. The van der Waals surface area contributed by atoms with Gasteiger partial charge in [0.15, 0.2) is 0 Å². The van der Waals surface area contributed by atoms with Gasteiger partial charge in [-0.25, -0.2) is 0 Å². The molecule has 0 spiro atoms. The third kappa shape index (κ3) is 4.80. The van der Waals surface area contributed by atoms with Crippen LogP contribution in [0, 0.1) is 0 Å². The summed E-state index contributed by atoms with van der Waals surface area (Å²) in [5.41, 5.74) is 1.05. The molecule has 2 rings (SSSR count). The lowest BCUT2D eigenvalue weighted by atomic mass is 10.0.